The van der Waals surface area contributed by atoms with Crippen LogP contribution in [-0.2, 0) is 16.1 Å². The van der Waals surface area contributed by atoms with Crippen molar-refractivity contribution in [1.29, 1.82) is 0 Å². The van der Waals surface area contributed by atoms with Gasteiger partial charge in [-0.25, -0.2) is 9.37 Å². The summed E-state index contributed by atoms with van der Waals surface area (Å²) in [4.78, 5) is 31.3. The normalized spacial score (nSPS) is 22.7. The van der Waals surface area contributed by atoms with Gasteiger partial charge in [0.05, 0.1) is 29.2 Å². The third kappa shape index (κ3) is 3.88. The molecule has 142 valence electrons. The molecule has 1 saturated heterocycles. The Labute approximate surface area is 161 Å². The Morgan fingerprint density at radius 2 is 2.04 bits per heavy atom. The van der Waals surface area contributed by atoms with E-state index < -0.39 is 0 Å². The van der Waals surface area contributed by atoms with Gasteiger partial charge in [-0.1, -0.05) is 12.1 Å². The number of likely N-dealkylation sites (tertiary alicyclic amines) is 1. The van der Waals surface area contributed by atoms with Crippen molar-refractivity contribution >= 4 is 23.2 Å². The van der Waals surface area contributed by atoms with E-state index in [4.69, 9.17) is 0 Å². The Balaban J connectivity index is 1.47. The van der Waals surface area contributed by atoms with Gasteiger partial charge in [0.25, 0.3) is 0 Å². The number of rotatable bonds is 5. The number of aromatic nitrogens is 1. The standard InChI is InChI=1S/C20H22FN3O2S/c1-24-17(25)9-8-16(18(24)12-4-6-14(21)7-5-12)19(26)22-10-15-11-27-20(23-15)13-2-3-13/h4-7,11,13,16,18H,2-3,8-10H2,1H3,(H,22,26). The molecule has 2 amide bonds. The van der Waals surface area contributed by atoms with Crippen LogP contribution in [-0.4, -0.2) is 28.7 Å². The Hall–Kier alpha value is -2.28. The predicted molar refractivity (Wildman–Crippen MR) is 101 cm³/mol. The highest BCUT2D eigenvalue weighted by molar-refractivity contribution is 7.09. The first-order chi connectivity index (χ1) is 13.0. The fraction of sp³-hybridized carbons (Fsp3) is 0.450. The van der Waals surface area contributed by atoms with E-state index in [9.17, 15) is 14.0 Å². The second kappa shape index (κ2) is 7.38. The summed E-state index contributed by atoms with van der Waals surface area (Å²) in [5, 5.41) is 6.14. The number of nitrogens with zero attached hydrogens (tertiary/aromatic N) is 2. The van der Waals surface area contributed by atoms with Crippen molar-refractivity contribution < 1.29 is 14.0 Å². The van der Waals surface area contributed by atoms with Crippen molar-refractivity contribution in [2.24, 2.45) is 5.92 Å². The van der Waals surface area contributed by atoms with Crippen LogP contribution in [0.1, 0.15) is 53.9 Å². The second-order valence-corrected chi connectivity index (χ2v) is 8.21. The Kier molecular flexibility index (Phi) is 4.95. The van der Waals surface area contributed by atoms with Gasteiger partial charge in [0.2, 0.25) is 11.8 Å². The minimum Gasteiger partial charge on any atom is -0.350 e. The van der Waals surface area contributed by atoms with Crippen LogP contribution < -0.4 is 5.32 Å². The lowest BCUT2D eigenvalue weighted by molar-refractivity contribution is -0.141. The fourth-order valence-corrected chi connectivity index (χ4v) is 4.65. The molecule has 0 bridgehead atoms. The molecule has 2 aliphatic rings. The monoisotopic (exact) mass is 387 g/mol. The fourth-order valence-electron chi connectivity index (χ4n) is 3.66. The topological polar surface area (TPSA) is 62.3 Å². The summed E-state index contributed by atoms with van der Waals surface area (Å²) in [6.45, 7) is 0.395. The average Bonchev–Trinajstić information content (AvgIpc) is 3.41. The summed E-state index contributed by atoms with van der Waals surface area (Å²) in [7, 11) is 1.71. The molecule has 2 unspecified atom stereocenters. The van der Waals surface area contributed by atoms with Crippen molar-refractivity contribution in [3.8, 4) is 0 Å². The Morgan fingerprint density at radius 3 is 2.74 bits per heavy atom. The first-order valence-electron chi connectivity index (χ1n) is 9.26. The zero-order valence-electron chi connectivity index (χ0n) is 15.2. The maximum absolute atomic E-state index is 13.3. The number of benzene rings is 1. The van der Waals surface area contributed by atoms with Crippen molar-refractivity contribution in [3.05, 3.63) is 51.7 Å². The third-order valence-electron chi connectivity index (χ3n) is 5.35. The van der Waals surface area contributed by atoms with Crippen molar-refractivity contribution in [2.45, 2.75) is 44.2 Å². The highest BCUT2D eigenvalue weighted by Crippen LogP contribution is 2.41. The predicted octanol–water partition coefficient (Wildman–Crippen LogP) is 3.39. The Bertz CT molecular complexity index is 847. The zero-order chi connectivity index (χ0) is 19.0. The van der Waals surface area contributed by atoms with Gasteiger partial charge < -0.3 is 10.2 Å². The van der Waals surface area contributed by atoms with Gasteiger partial charge in [0.1, 0.15) is 5.82 Å². The van der Waals surface area contributed by atoms with E-state index in [-0.39, 0.29) is 29.6 Å². The van der Waals surface area contributed by atoms with E-state index in [1.807, 2.05) is 5.38 Å². The SMILES string of the molecule is CN1C(=O)CCC(C(=O)NCc2csc(C3CC3)n2)C1c1ccc(F)cc1. The lowest BCUT2D eigenvalue weighted by atomic mass is 9.84. The molecule has 2 aromatic rings. The van der Waals surface area contributed by atoms with E-state index in [1.165, 1.54) is 25.0 Å². The molecule has 1 aromatic heterocycles. The van der Waals surface area contributed by atoms with Gasteiger partial charge in [-0.15, -0.1) is 11.3 Å². The summed E-state index contributed by atoms with van der Waals surface area (Å²) in [6.07, 6.45) is 3.25. The smallest absolute Gasteiger partial charge is 0.225 e. The first-order valence-corrected chi connectivity index (χ1v) is 10.1. The number of thiazole rings is 1. The first kappa shape index (κ1) is 18.1. The van der Waals surface area contributed by atoms with E-state index in [0.717, 1.165) is 16.3 Å². The molecule has 1 aromatic carbocycles. The molecule has 5 nitrogen and oxygen atoms in total. The molecule has 1 aliphatic heterocycles. The summed E-state index contributed by atoms with van der Waals surface area (Å²) >= 11 is 1.66. The lowest BCUT2D eigenvalue weighted by Gasteiger charge is -2.38. The highest BCUT2D eigenvalue weighted by Gasteiger charge is 2.38. The van der Waals surface area contributed by atoms with Crippen LogP contribution >= 0.6 is 11.3 Å². The number of halogens is 1. The van der Waals surface area contributed by atoms with Crippen LogP contribution in [0.5, 0.6) is 0 Å². The highest BCUT2D eigenvalue weighted by atomic mass is 32.1. The summed E-state index contributed by atoms with van der Waals surface area (Å²) in [5.41, 5.74) is 1.66. The average molecular weight is 387 g/mol. The van der Waals surface area contributed by atoms with Crippen LogP contribution in [0.25, 0.3) is 0 Å². The number of carbonyl (C=O) groups excluding carboxylic acids is 2. The number of hydrogen-bond acceptors (Lipinski definition) is 4. The second-order valence-electron chi connectivity index (χ2n) is 7.32. The lowest BCUT2D eigenvalue weighted by Crippen LogP contribution is -2.46. The third-order valence-corrected chi connectivity index (χ3v) is 6.41. The molecule has 7 heteroatoms. The summed E-state index contributed by atoms with van der Waals surface area (Å²) < 4.78 is 13.3. The zero-order valence-corrected chi connectivity index (χ0v) is 16.0. The number of amides is 2. The number of carbonyl (C=O) groups is 2. The molecule has 0 radical (unpaired) electrons. The maximum atomic E-state index is 13.3. The molecular formula is C20H22FN3O2S. The molecule has 4 rings (SSSR count). The minimum absolute atomic E-state index is 0.00181. The van der Waals surface area contributed by atoms with Crippen LogP contribution in [0, 0.1) is 11.7 Å². The van der Waals surface area contributed by atoms with Gasteiger partial charge >= 0.3 is 0 Å². The van der Waals surface area contributed by atoms with Crippen LogP contribution in [0.2, 0.25) is 0 Å². The van der Waals surface area contributed by atoms with Crippen molar-refractivity contribution in [2.75, 3.05) is 7.05 Å². The van der Waals surface area contributed by atoms with E-state index in [1.54, 1.807) is 35.4 Å². The molecule has 1 saturated carbocycles. The molecule has 0 spiro atoms. The van der Waals surface area contributed by atoms with Crippen molar-refractivity contribution in [1.82, 2.24) is 15.2 Å². The summed E-state index contributed by atoms with van der Waals surface area (Å²) in [6, 6.07) is 5.65. The minimum atomic E-state index is -0.385. The molecule has 2 fully saturated rings. The van der Waals surface area contributed by atoms with Gasteiger partial charge in [-0.05, 0) is 37.0 Å². The van der Waals surface area contributed by atoms with Gasteiger partial charge in [-0.3, -0.25) is 9.59 Å². The number of nitrogens with one attached hydrogen (secondary N) is 1. The number of piperidine rings is 1. The largest absolute Gasteiger partial charge is 0.350 e. The van der Waals surface area contributed by atoms with E-state index >= 15 is 0 Å². The van der Waals surface area contributed by atoms with Gasteiger partial charge in [0, 0.05) is 24.8 Å². The van der Waals surface area contributed by atoms with Crippen molar-refractivity contribution in [3.63, 3.8) is 0 Å². The van der Waals surface area contributed by atoms with Gasteiger partial charge in [0.15, 0.2) is 0 Å². The van der Waals surface area contributed by atoms with Crippen LogP contribution in [0.4, 0.5) is 4.39 Å². The van der Waals surface area contributed by atoms with E-state index in [0.29, 0.717) is 25.3 Å². The van der Waals surface area contributed by atoms with E-state index in [2.05, 4.69) is 10.3 Å². The quantitative estimate of drug-likeness (QED) is 0.855. The molecular weight excluding hydrogens is 365 g/mol. The maximum Gasteiger partial charge on any atom is 0.225 e. The molecule has 27 heavy (non-hydrogen) atoms. The molecule has 1 aliphatic carbocycles. The Morgan fingerprint density at radius 1 is 1.30 bits per heavy atom. The summed E-state index contributed by atoms with van der Waals surface area (Å²) in [5.74, 6) is -0.175. The van der Waals surface area contributed by atoms with Gasteiger partial charge in [-0.2, -0.15) is 0 Å². The van der Waals surface area contributed by atoms with Crippen LogP contribution in [0.15, 0.2) is 29.6 Å². The van der Waals surface area contributed by atoms with Crippen LogP contribution in [0.3, 0.4) is 0 Å². The number of hydrogen-bond donors (Lipinski definition) is 1. The molecule has 2 heterocycles. The molecule has 2 atom stereocenters. The molecule has 1 N–H and O–H groups in total.